The Labute approximate surface area is 117 Å². The van der Waals surface area contributed by atoms with Gasteiger partial charge in [0.15, 0.2) is 0 Å². The van der Waals surface area contributed by atoms with Crippen LogP contribution in [-0.4, -0.2) is 15.3 Å². The molecule has 1 aromatic heterocycles. The number of hydrogen-bond donors (Lipinski definition) is 1. The van der Waals surface area contributed by atoms with E-state index in [9.17, 15) is 5.11 Å². The van der Waals surface area contributed by atoms with Crippen molar-refractivity contribution in [1.29, 1.82) is 0 Å². The molecule has 2 aromatic carbocycles. The number of aryl methyl sites for hydroxylation is 2. The van der Waals surface area contributed by atoms with E-state index in [1.807, 2.05) is 57.2 Å². The Bertz CT molecular complexity index is 795. The smallest absolute Gasteiger partial charge is 0.122 e. The number of hydrogen-bond acceptors (Lipinski definition) is 3. The predicted octanol–water partition coefficient (Wildman–Crippen LogP) is 3.93. The predicted molar refractivity (Wildman–Crippen MR) is 80.8 cm³/mol. The van der Waals surface area contributed by atoms with E-state index in [4.69, 9.17) is 0 Å². The molecule has 100 valence electrons. The minimum absolute atomic E-state index is 0.349. The molecule has 0 aliphatic heterocycles. The second-order valence-electron chi connectivity index (χ2n) is 5.08. The highest BCUT2D eigenvalue weighted by molar-refractivity contribution is 5.90. The van der Waals surface area contributed by atoms with Crippen LogP contribution in [-0.2, 0) is 0 Å². The molecule has 0 amide bonds. The van der Waals surface area contributed by atoms with Crippen molar-refractivity contribution in [2.75, 3.05) is 0 Å². The summed E-state index contributed by atoms with van der Waals surface area (Å²) in [7, 11) is 0. The van der Waals surface area contributed by atoms with Gasteiger partial charge in [-0.2, -0.15) is 0 Å². The van der Waals surface area contributed by atoms with Crippen LogP contribution in [0.3, 0.4) is 0 Å². The van der Waals surface area contributed by atoms with Gasteiger partial charge in [-0.05, 0) is 38.0 Å². The van der Waals surface area contributed by atoms with Crippen LogP contribution in [0.2, 0.25) is 0 Å². The first-order chi connectivity index (χ1) is 9.59. The topological polar surface area (TPSA) is 46.0 Å². The first kappa shape index (κ1) is 12.6. The summed E-state index contributed by atoms with van der Waals surface area (Å²) in [6.45, 7) is 5.79. The van der Waals surface area contributed by atoms with Gasteiger partial charge in [0, 0.05) is 16.5 Å². The normalized spacial score (nSPS) is 10.9. The fourth-order valence-corrected chi connectivity index (χ4v) is 2.47. The molecule has 0 unspecified atom stereocenters. The molecular formula is C17H16N2O. The lowest BCUT2D eigenvalue weighted by molar-refractivity contribution is 0.467. The summed E-state index contributed by atoms with van der Waals surface area (Å²) in [5.74, 6) is 0.349. The van der Waals surface area contributed by atoms with Crippen molar-refractivity contribution in [3.8, 4) is 17.0 Å². The highest BCUT2D eigenvalue weighted by Gasteiger charge is 2.13. The molecule has 0 spiro atoms. The summed E-state index contributed by atoms with van der Waals surface area (Å²) in [5.41, 5.74) is 5.42. The van der Waals surface area contributed by atoms with Crippen LogP contribution in [0.5, 0.6) is 5.75 Å². The average Bonchev–Trinajstić information content (AvgIpc) is 2.51. The van der Waals surface area contributed by atoms with Gasteiger partial charge >= 0.3 is 0 Å². The van der Waals surface area contributed by atoms with E-state index in [2.05, 4.69) is 10.2 Å². The van der Waals surface area contributed by atoms with Gasteiger partial charge in [-0.15, -0.1) is 10.2 Å². The zero-order chi connectivity index (χ0) is 14.3. The summed E-state index contributed by atoms with van der Waals surface area (Å²) in [6.07, 6.45) is 0. The first-order valence-corrected chi connectivity index (χ1v) is 6.61. The molecule has 0 saturated heterocycles. The molecular weight excluding hydrogens is 248 g/mol. The maximum absolute atomic E-state index is 10.2. The molecule has 0 bridgehead atoms. The SMILES string of the molecule is Cc1c(O)c(C)c2cc(-c3ccccc3)nnc2c1C. The number of rotatable bonds is 1. The van der Waals surface area contributed by atoms with E-state index in [-0.39, 0.29) is 0 Å². The third-order valence-corrected chi connectivity index (χ3v) is 3.90. The Kier molecular flexibility index (Phi) is 2.90. The lowest BCUT2D eigenvalue weighted by Crippen LogP contribution is -1.96. The van der Waals surface area contributed by atoms with Gasteiger partial charge in [0.05, 0.1) is 11.2 Å². The van der Waals surface area contributed by atoms with E-state index in [1.165, 1.54) is 0 Å². The van der Waals surface area contributed by atoms with Crippen molar-refractivity contribution in [2.24, 2.45) is 0 Å². The minimum atomic E-state index is 0.349. The average molecular weight is 264 g/mol. The molecule has 0 radical (unpaired) electrons. The molecule has 0 fully saturated rings. The van der Waals surface area contributed by atoms with Crippen LogP contribution in [0.1, 0.15) is 16.7 Å². The molecule has 0 aliphatic carbocycles. The standard InChI is InChI=1S/C17H16N2O/c1-10-11(2)17(20)12(3)14-9-15(18-19-16(10)14)13-7-5-4-6-8-13/h4-9,20H,1-3H3. The van der Waals surface area contributed by atoms with Gasteiger partial charge in [-0.3, -0.25) is 0 Å². The van der Waals surface area contributed by atoms with Gasteiger partial charge in [-0.25, -0.2) is 0 Å². The summed E-state index contributed by atoms with van der Waals surface area (Å²) >= 11 is 0. The Morgan fingerprint density at radius 3 is 2.25 bits per heavy atom. The van der Waals surface area contributed by atoms with Crippen LogP contribution < -0.4 is 0 Å². The second kappa shape index (κ2) is 4.60. The minimum Gasteiger partial charge on any atom is -0.507 e. The number of benzene rings is 2. The van der Waals surface area contributed by atoms with Gasteiger partial charge in [0.25, 0.3) is 0 Å². The van der Waals surface area contributed by atoms with E-state index in [0.29, 0.717) is 5.75 Å². The van der Waals surface area contributed by atoms with Crippen LogP contribution in [0.25, 0.3) is 22.2 Å². The van der Waals surface area contributed by atoms with E-state index in [0.717, 1.165) is 38.9 Å². The van der Waals surface area contributed by atoms with Crippen molar-refractivity contribution < 1.29 is 5.11 Å². The molecule has 0 atom stereocenters. The third-order valence-electron chi connectivity index (χ3n) is 3.90. The highest BCUT2D eigenvalue weighted by atomic mass is 16.3. The fourth-order valence-electron chi connectivity index (χ4n) is 2.47. The van der Waals surface area contributed by atoms with Crippen LogP contribution in [0.15, 0.2) is 36.4 Å². The monoisotopic (exact) mass is 264 g/mol. The van der Waals surface area contributed by atoms with Crippen molar-refractivity contribution in [1.82, 2.24) is 10.2 Å². The van der Waals surface area contributed by atoms with Crippen molar-refractivity contribution in [3.63, 3.8) is 0 Å². The van der Waals surface area contributed by atoms with E-state index in [1.54, 1.807) is 0 Å². The number of phenols is 1. The quantitative estimate of drug-likeness (QED) is 0.724. The van der Waals surface area contributed by atoms with Crippen molar-refractivity contribution >= 4 is 10.9 Å². The number of nitrogens with zero attached hydrogens (tertiary/aromatic N) is 2. The molecule has 20 heavy (non-hydrogen) atoms. The molecule has 3 aromatic rings. The zero-order valence-electron chi connectivity index (χ0n) is 11.8. The summed E-state index contributed by atoms with van der Waals surface area (Å²) in [6, 6.07) is 11.9. The maximum Gasteiger partial charge on any atom is 0.122 e. The van der Waals surface area contributed by atoms with E-state index >= 15 is 0 Å². The molecule has 1 heterocycles. The van der Waals surface area contributed by atoms with Crippen LogP contribution in [0.4, 0.5) is 0 Å². The lowest BCUT2D eigenvalue weighted by Gasteiger charge is -2.12. The van der Waals surface area contributed by atoms with Gasteiger partial charge in [0.2, 0.25) is 0 Å². The number of aromatic nitrogens is 2. The Morgan fingerprint density at radius 1 is 0.850 bits per heavy atom. The number of aromatic hydroxyl groups is 1. The molecule has 0 aliphatic rings. The Balaban J connectivity index is 2.32. The highest BCUT2D eigenvalue weighted by Crippen LogP contribution is 2.33. The Hall–Kier alpha value is -2.42. The van der Waals surface area contributed by atoms with E-state index < -0.39 is 0 Å². The molecule has 1 N–H and O–H groups in total. The largest absolute Gasteiger partial charge is 0.507 e. The van der Waals surface area contributed by atoms with Gasteiger partial charge in [-0.1, -0.05) is 30.3 Å². The number of fused-ring (bicyclic) bond motifs is 1. The van der Waals surface area contributed by atoms with Crippen molar-refractivity contribution in [3.05, 3.63) is 53.1 Å². The molecule has 3 heteroatoms. The maximum atomic E-state index is 10.2. The van der Waals surface area contributed by atoms with Crippen molar-refractivity contribution in [2.45, 2.75) is 20.8 Å². The second-order valence-corrected chi connectivity index (χ2v) is 5.08. The first-order valence-electron chi connectivity index (χ1n) is 6.61. The van der Waals surface area contributed by atoms with Gasteiger partial charge in [0.1, 0.15) is 5.75 Å². The molecule has 3 rings (SSSR count). The van der Waals surface area contributed by atoms with Gasteiger partial charge < -0.3 is 5.11 Å². The third kappa shape index (κ3) is 1.83. The van der Waals surface area contributed by atoms with Crippen LogP contribution >= 0.6 is 0 Å². The zero-order valence-corrected chi connectivity index (χ0v) is 11.8. The summed E-state index contributed by atoms with van der Waals surface area (Å²) in [4.78, 5) is 0. The summed E-state index contributed by atoms with van der Waals surface area (Å²) < 4.78 is 0. The van der Waals surface area contributed by atoms with Crippen LogP contribution in [0, 0.1) is 20.8 Å². The number of phenolic OH excluding ortho intramolecular Hbond substituents is 1. The molecule has 0 saturated carbocycles. The Morgan fingerprint density at radius 2 is 1.55 bits per heavy atom. The fraction of sp³-hybridized carbons (Fsp3) is 0.176. The molecule has 3 nitrogen and oxygen atoms in total. The summed E-state index contributed by atoms with van der Waals surface area (Å²) in [5, 5.41) is 19.8. The lowest BCUT2D eigenvalue weighted by atomic mass is 9.98.